The molecule has 4 rings (SSSR count). The lowest BCUT2D eigenvalue weighted by molar-refractivity contribution is 0.102. The molecule has 0 spiro atoms. The van der Waals surface area contributed by atoms with E-state index < -0.39 is 10.0 Å². The van der Waals surface area contributed by atoms with Crippen LogP contribution in [0.4, 0.5) is 11.4 Å². The van der Waals surface area contributed by atoms with Gasteiger partial charge in [0.25, 0.3) is 15.9 Å². The van der Waals surface area contributed by atoms with Gasteiger partial charge in [0.05, 0.1) is 10.6 Å². The first kappa shape index (κ1) is 24.3. The number of likely N-dealkylation sites (tertiary alicyclic amines) is 1. The molecule has 0 bridgehead atoms. The number of carbonyl (C=O) groups excluding carboxylic acids is 1. The highest BCUT2D eigenvalue weighted by molar-refractivity contribution is 7.92. The van der Waals surface area contributed by atoms with Gasteiger partial charge in [-0.25, -0.2) is 8.42 Å². The van der Waals surface area contributed by atoms with E-state index in [1.54, 1.807) is 37.3 Å². The van der Waals surface area contributed by atoms with Gasteiger partial charge in [-0.2, -0.15) is 0 Å². The average molecular weight is 498 g/mol. The van der Waals surface area contributed by atoms with E-state index in [1.165, 1.54) is 37.0 Å². The first-order chi connectivity index (χ1) is 16.3. The fourth-order valence-corrected chi connectivity index (χ4v) is 5.28. The molecule has 6 nitrogen and oxygen atoms in total. The second-order valence-electron chi connectivity index (χ2n) is 8.53. The number of rotatable bonds is 7. The van der Waals surface area contributed by atoms with Crippen molar-refractivity contribution in [1.29, 1.82) is 0 Å². The van der Waals surface area contributed by atoms with E-state index >= 15 is 0 Å². The first-order valence-corrected chi connectivity index (χ1v) is 13.2. The molecule has 0 atom stereocenters. The summed E-state index contributed by atoms with van der Waals surface area (Å²) in [6.45, 7) is 4.91. The van der Waals surface area contributed by atoms with Gasteiger partial charge in [-0.05, 0) is 92.5 Å². The minimum atomic E-state index is -3.79. The molecule has 34 heavy (non-hydrogen) atoms. The Bertz CT molecular complexity index is 1250. The summed E-state index contributed by atoms with van der Waals surface area (Å²) in [5.41, 5.74) is 3.33. The lowest BCUT2D eigenvalue weighted by Gasteiger charge is -2.26. The number of hydrogen-bond donors (Lipinski definition) is 2. The van der Waals surface area contributed by atoms with Crippen LogP contribution < -0.4 is 10.0 Å². The van der Waals surface area contributed by atoms with E-state index in [0.717, 1.165) is 19.6 Å². The molecule has 0 aliphatic carbocycles. The van der Waals surface area contributed by atoms with Crippen LogP contribution in [0.2, 0.25) is 5.02 Å². The predicted molar refractivity (Wildman–Crippen MR) is 137 cm³/mol. The molecule has 2 N–H and O–H groups in total. The fraction of sp³-hybridized carbons (Fsp3) is 0.269. The number of piperidine rings is 1. The highest BCUT2D eigenvalue weighted by Gasteiger charge is 2.17. The third-order valence-corrected chi connectivity index (χ3v) is 7.80. The van der Waals surface area contributed by atoms with Crippen LogP contribution in [0.5, 0.6) is 0 Å². The van der Waals surface area contributed by atoms with Crippen molar-refractivity contribution in [3.63, 3.8) is 0 Å². The van der Waals surface area contributed by atoms with Gasteiger partial charge in [0.15, 0.2) is 0 Å². The quantitative estimate of drug-likeness (QED) is 0.439. The number of anilines is 2. The van der Waals surface area contributed by atoms with Crippen LogP contribution in [-0.4, -0.2) is 32.3 Å². The SMILES string of the molecule is Cc1c(Cl)cccc1NS(=O)(=O)c1ccc(NC(=O)c2ccc(CN3CCCCC3)cc2)cc1. The van der Waals surface area contributed by atoms with Crippen molar-refractivity contribution in [3.05, 3.63) is 88.4 Å². The molecule has 0 saturated carbocycles. The van der Waals surface area contributed by atoms with Gasteiger partial charge < -0.3 is 5.32 Å². The van der Waals surface area contributed by atoms with Crippen molar-refractivity contribution >= 4 is 38.9 Å². The van der Waals surface area contributed by atoms with Crippen molar-refractivity contribution in [3.8, 4) is 0 Å². The topological polar surface area (TPSA) is 78.5 Å². The van der Waals surface area contributed by atoms with Gasteiger partial charge in [-0.1, -0.05) is 36.2 Å². The van der Waals surface area contributed by atoms with Crippen molar-refractivity contribution < 1.29 is 13.2 Å². The van der Waals surface area contributed by atoms with E-state index in [2.05, 4.69) is 14.9 Å². The van der Waals surface area contributed by atoms with E-state index in [-0.39, 0.29) is 10.8 Å². The molecule has 1 aliphatic rings. The molecule has 1 saturated heterocycles. The second-order valence-corrected chi connectivity index (χ2v) is 10.6. The summed E-state index contributed by atoms with van der Waals surface area (Å²) in [7, 11) is -3.79. The number of sulfonamides is 1. The Morgan fingerprint density at radius 1 is 0.941 bits per heavy atom. The van der Waals surface area contributed by atoms with Crippen molar-refractivity contribution in [2.75, 3.05) is 23.1 Å². The zero-order chi connectivity index (χ0) is 24.1. The summed E-state index contributed by atoms with van der Waals surface area (Å²) in [6, 6.07) is 18.7. The minimum Gasteiger partial charge on any atom is -0.322 e. The summed E-state index contributed by atoms with van der Waals surface area (Å²) in [6.07, 6.45) is 3.80. The van der Waals surface area contributed by atoms with E-state index in [0.29, 0.717) is 27.5 Å². The highest BCUT2D eigenvalue weighted by atomic mass is 35.5. The molecule has 1 heterocycles. The molecule has 1 amide bonds. The molecule has 1 fully saturated rings. The Kier molecular flexibility index (Phi) is 7.56. The van der Waals surface area contributed by atoms with Gasteiger partial charge in [-0.3, -0.25) is 14.4 Å². The predicted octanol–water partition coefficient (Wildman–Crippen LogP) is 5.69. The molecular formula is C26H28ClN3O3S. The Morgan fingerprint density at radius 3 is 2.29 bits per heavy atom. The van der Waals surface area contributed by atoms with Gasteiger partial charge in [0, 0.05) is 22.8 Å². The first-order valence-electron chi connectivity index (χ1n) is 11.3. The lowest BCUT2D eigenvalue weighted by atomic mass is 10.1. The summed E-state index contributed by atoms with van der Waals surface area (Å²) >= 11 is 6.08. The van der Waals surface area contributed by atoms with Crippen LogP contribution in [0, 0.1) is 6.92 Å². The number of nitrogens with one attached hydrogen (secondary N) is 2. The van der Waals surface area contributed by atoms with Gasteiger partial charge in [-0.15, -0.1) is 0 Å². The Balaban J connectivity index is 1.38. The normalized spacial score (nSPS) is 14.5. The van der Waals surface area contributed by atoms with Gasteiger partial charge >= 0.3 is 0 Å². The molecule has 3 aromatic rings. The van der Waals surface area contributed by atoms with Crippen LogP contribution in [0.15, 0.2) is 71.6 Å². The third kappa shape index (κ3) is 5.97. The van der Waals surface area contributed by atoms with Crippen LogP contribution in [0.1, 0.15) is 40.7 Å². The van der Waals surface area contributed by atoms with Crippen molar-refractivity contribution in [1.82, 2.24) is 4.90 Å². The highest BCUT2D eigenvalue weighted by Crippen LogP contribution is 2.26. The molecule has 1 aliphatic heterocycles. The zero-order valence-electron chi connectivity index (χ0n) is 19.1. The summed E-state index contributed by atoms with van der Waals surface area (Å²) in [5.74, 6) is -0.243. The monoisotopic (exact) mass is 497 g/mol. The Hall–Kier alpha value is -2.87. The van der Waals surface area contributed by atoms with E-state index in [9.17, 15) is 13.2 Å². The zero-order valence-corrected chi connectivity index (χ0v) is 20.6. The maximum absolute atomic E-state index is 12.7. The summed E-state index contributed by atoms with van der Waals surface area (Å²) in [4.78, 5) is 15.2. The number of halogens is 1. The Morgan fingerprint density at radius 2 is 1.62 bits per heavy atom. The van der Waals surface area contributed by atoms with Crippen LogP contribution in [0.3, 0.4) is 0 Å². The number of nitrogens with zero attached hydrogens (tertiary/aromatic N) is 1. The second kappa shape index (κ2) is 10.6. The summed E-state index contributed by atoms with van der Waals surface area (Å²) in [5, 5.41) is 3.31. The van der Waals surface area contributed by atoms with Gasteiger partial charge in [0.2, 0.25) is 0 Å². The standard InChI is InChI=1S/C26H28ClN3O3S/c1-19-24(27)6-5-7-25(19)29-34(32,33)23-14-12-22(13-15-23)28-26(31)21-10-8-20(9-11-21)18-30-16-3-2-4-17-30/h5-15,29H,2-4,16-18H2,1H3,(H,28,31). The summed E-state index contributed by atoms with van der Waals surface area (Å²) < 4.78 is 28.1. The smallest absolute Gasteiger partial charge is 0.261 e. The molecule has 0 aromatic heterocycles. The van der Waals surface area contributed by atoms with E-state index in [4.69, 9.17) is 11.6 Å². The minimum absolute atomic E-state index is 0.0898. The van der Waals surface area contributed by atoms with Crippen LogP contribution in [-0.2, 0) is 16.6 Å². The lowest BCUT2D eigenvalue weighted by Crippen LogP contribution is -2.29. The van der Waals surface area contributed by atoms with Crippen molar-refractivity contribution in [2.45, 2.75) is 37.6 Å². The van der Waals surface area contributed by atoms with Crippen molar-refractivity contribution in [2.24, 2.45) is 0 Å². The Labute approximate surface area is 206 Å². The molecule has 8 heteroatoms. The molecule has 3 aromatic carbocycles. The van der Waals surface area contributed by atoms with Crippen LogP contribution >= 0.6 is 11.6 Å². The molecular weight excluding hydrogens is 470 g/mol. The largest absolute Gasteiger partial charge is 0.322 e. The average Bonchev–Trinajstić information content (AvgIpc) is 2.83. The number of benzene rings is 3. The maximum atomic E-state index is 12.7. The molecule has 178 valence electrons. The fourth-order valence-electron chi connectivity index (χ4n) is 3.98. The number of carbonyl (C=O) groups is 1. The van der Waals surface area contributed by atoms with Gasteiger partial charge in [0.1, 0.15) is 0 Å². The molecule has 0 unspecified atom stereocenters. The van der Waals surface area contributed by atoms with Crippen LogP contribution in [0.25, 0.3) is 0 Å². The maximum Gasteiger partial charge on any atom is 0.261 e. The third-order valence-electron chi connectivity index (χ3n) is 6.01. The number of hydrogen-bond acceptors (Lipinski definition) is 4. The number of amides is 1. The molecule has 0 radical (unpaired) electrons. The van der Waals surface area contributed by atoms with E-state index in [1.807, 2.05) is 24.3 Å².